The Morgan fingerprint density at radius 2 is 1.87 bits per heavy atom. The number of hydrogen-bond acceptors (Lipinski definition) is 5. The molecule has 1 aromatic heterocycles. The summed E-state index contributed by atoms with van der Waals surface area (Å²) in [6, 6.07) is 11.8. The molecule has 3 rings (SSSR count). The zero-order valence-corrected chi connectivity index (χ0v) is 16.9. The largest absolute Gasteiger partial charge is 0.452 e. The van der Waals surface area contributed by atoms with Crippen molar-refractivity contribution >= 4 is 34.9 Å². The molecule has 30 heavy (non-hydrogen) atoms. The van der Waals surface area contributed by atoms with Gasteiger partial charge in [0.2, 0.25) is 0 Å². The van der Waals surface area contributed by atoms with E-state index < -0.39 is 24.3 Å². The first-order valence-electron chi connectivity index (χ1n) is 8.85. The highest BCUT2D eigenvalue weighted by Gasteiger charge is 2.23. The van der Waals surface area contributed by atoms with E-state index in [9.17, 15) is 18.8 Å². The van der Waals surface area contributed by atoms with Crippen molar-refractivity contribution in [1.82, 2.24) is 9.78 Å². The summed E-state index contributed by atoms with van der Waals surface area (Å²) in [6.07, 6.45) is 0. The van der Waals surface area contributed by atoms with E-state index in [2.05, 4.69) is 10.4 Å². The smallest absolute Gasteiger partial charge is 0.343 e. The van der Waals surface area contributed by atoms with Crippen molar-refractivity contribution in [3.05, 3.63) is 76.3 Å². The average molecular weight is 430 g/mol. The topological polar surface area (TPSA) is 90.3 Å². The molecular weight excluding hydrogens is 413 g/mol. The highest BCUT2D eigenvalue weighted by atomic mass is 35.5. The molecule has 9 heteroatoms. The fourth-order valence-electron chi connectivity index (χ4n) is 2.70. The number of Topliss-reactive ketones (excluding diaryl/α,β-unsaturated/α-hetero) is 1. The second kappa shape index (κ2) is 8.87. The van der Waals surface area contributed by atoms with Gasteiger partial charge in [0.1, 0.15) is 16.5 Å². The Morgan fingerprint density at radius 3 is 2.53 bits per heavy atom. The third kappa shape index (κ3) is 4.72. The molecule has 0 unspecified atom stereocenters. The van der Waals surface area contributed by atoms with Crippen molar-refractivity contribution in [1.29, 1.82) is 0 Å². The molecule has 1 N–H and O–H groups in total. The molecule has 1 amide bonds. The number of hydrogen-bond donors (Lipinski definition) is 1. The van der Waals surface area contributed by atoms with Crippen LogP contribution in [-0.2, 0) is 9.53 Å². The van der Waals surface area contributed by atoms with Crippen molar-refractivity contribution in [3.63, 3.8) is 0 Å². The molecule has 7 nitrogen and oxygen atoms in total. The van der Waals surface area contributed by atoms with Gasteiger partial charge in [-0.15, -0.1) is 0 Å². The summed E-state index contributed by atoms with van der Waals surface area (Å²) in [5, 5.41) is 6.72. The van der Waals surface area contributed by atoms with Crippen LogP contribution in [0.15, 0.2) is 48.5 Å². The van der Waals surface area contributed by atoms with E-state index in [-0.39, 0.29) is 16.5 Å². The number of anilines is 1. The van der Waals surface area contributed by atoms with Gasteiger partial charge in [0.25, 0.3) is 5.91 Å². The summed E-state index contributed by atoms with van der Waals surface area (Å²) in [7, 11) is 0. The maximum absolute atomic E-state index is 13.1. The number of carbonyl (C=O) groups excluding carboxylic acids is 3. The van der Waals surface area contributed by atoms with Gasteiger partial charge in [-0.1, -0.05) is 23.7 Å². The number of esters is 1. The predicted octanol–water partition coefficient (Wildman–Crippen LogP) is 3.97. The van der Waals surface area contributed by atoms with Crippen LogP contribution in [0.5, 0.6) is 0 Å². The van der Waals surface area contributed by atoms with Crippen LogP contribution in [0, 0.1) is 12.7 Å². The number of nitrogens with zero attached hydrogens (tertiary/aromatic N) is 2. The Kier molecular flexibility index (Phi) is 6.27. The maximum Gasteiger partial charge on any atom is 0.343 e. The minimum Gasteiger partial charge on any atom is -0.452 e. The fraction of sp³-hybridized carbons (Fsp3) is 0.143. The molecule has 0 fully saturated rings. The van der Waals surface area contributed by atoms with E-state index in [1.165, 1.54) is 41.9 Å². The van der Waals surface area contributed by atoms with Gasteiger partial charge in [-0.25, -0.2) is 13.9 Å². The lowest BCUT2D eigenvalue weighted by Crippen LogP contribution is -2.21. The first-order chi connectivity index (χ1) is 14.3. The van der Waals surface area contributed by atoms with E-state index in [4.69, 9.17) is 16.3 Å². The zero-order valence-electron chi connectivity index (χ0n) is 16.1. The maximum atomic E-state index is 13.1. The van der Waals surface area contributed by atoms with Gasteiger partial charge in [-0.2, -0.15) is 5.10 Å². The number of halogens is 2. The van der Waals surface area contributed by atoms with Crippen molar-refractivity contribution < 1.29 is 23.5 Å². The highest BCUT2D eigenvalue weighted by Crippen LogP contribution is 2.24. The summed E-state index contributed by atoms with van der Waals surface area (Å²) in [5.74, 6) is -1.96. The van der Waals surface area contributed by atoms with Gasteiger partial charge in [-0.05, 0) is 50.2 Å². The minimum atomic E-state index is -0.821. The first-order valence-corrected chi connectivity index (χ1v) is 9.23. The van der Waals surface area contributed by atoms with Gasteiger partial charge in [0.15, 0.2) is 12.4 Å². The summed E-state index contributed by atoms with van der Waals surface area (Å²) in [4.78, 5) is 36.0. The van der Waals surface area contributed by atoms with E-state index in [0.29, 0.717) is 22.6 Å². The monoisotopic (exact) mass is 429 g/mol. The second-order valence-electron chi connectivity index (χ2n) is 6.40. The molecule has 0 aliphatic heterocycles. The lowest BCUT2D eigenvalue weighted by atomic mass is 10.1. The quantitative estimate of drug-likeness (QED) is 0.473. The number of rotatable bonds is 6. The van der Waals surface area contributed by atoms with Gasteiger partial charge in [0, 0.05) is 11.3 Å². The van der Waals surface area contributed by atoms with E-state index in [0.717, 1.165) is 0 Å². The molecule has 0 saturated carbocycles. The van der Waals surface area contributed by atoms with Gasteiger partial charge < -0.3 is 10.1 Å². The molecule has 3 aromatic rings. The molecule has 0 saturated heterocycles. The Morgan fingerprint density at radius 1 is 1.17 bits per heavy atom. The van der Waals surface area contributed by atoms with Crippen molar-refractivity contribution in [2.75, 3.05) is 11.9 Å². The van der Waals surface area contributed by atoms with Crippen LogP contribution in [-0.4, -0.2) is 34.0 Å². The van der Waals surface area contributed by atoms with Crippen molar-refractivity contribution in [2.24, 2.45) is 0 Å². The van der Waals surface area contributed by atoms with E-state index in [1.54, 1.807) is 25.1 Å². The van der Waals surface area contributed by atoms with Crippen LogP contribution in [0.1, 0.15) is 33.3 Å². The zero-order chi connectivity index (χ0) is 21.8. The fourth-order valence-corrected chi connectivity index (χ4v) is 3.05. The van der Waals surface area contributed by atoms with Gasteiger partial charge in [-0.3, -0.25) is 9.59 Å². The molecule has 2 aromatic carbocycles. The van der Waals surface area contributed by atoms with Gasteiger partial charge >= 0.3 is 5.97 Å². The lowest BCUT2D eigenvalue weighted by Gasteiger charge is -2.08. The number of nitrogens with one attached hydrogen (secondary N) is 1. The van der Waals surface area contributed by atoms with E-state index in [1.807, 2.05) is 0 Å². The van der Waals surface area contributed by atoms with Crippen LogP contribution in [0.2, 0.25) is 5.15 Å². The average Bonchev–Trinajstić information content (AvgIpc) is 3.01. The Labute approximate surface area is 176 Å². The standard InChI is InChI=1S/C21H17ClFN3O4/c1-12-19(20(22)26(25-12)17-8-6-15(23)7-9-17)21(29)30-11-18(28)24-16-5-3-4-14(10-16)13(2)27/h3-10H,11H2,1-2H3,(H,24,28). The Balaban J connectivity index is 1.68. The Bertz CT molecular complexity index is 1130. The number of ketones is 1. The SMILES string of the molecule is CC(=O)c1cccc(NC(=O)COC(=O)c2c(C)nn(-c3ccc(F)cc3)c2Cl)c1. The number of benzene rings is 2. The first kappa shape index (κ1) is 21.2. The highest BCUT2D eigenvalue weighted by molar-refractivity contribution is 6.33. The van der Waals surface area contributed by atoms with Crippen molar-refractivity contribution in [2.45, 2.75) is 13.8 Å². The number of carbonyl (C=O) groups is 3. The second-order valence-corrected chi connectivity index (χ2v) is 6.76. The van der Waals surface area contributed by atoms with Crippen molar-refractivity contribution in [3.8, 4) is 5.69 Å². The van der Waals surface area contributed by atoms with Crippen LogP contribution in [0.25, 0.3) is 5.69 Å². The molecule has 1 heterocycles. The molecular formula is C21H17ClFN3O4. The third-order valence-electron chi connectivity index (χ3n) is 4.17. The summed E-state index contributed by atoms with van der Waals surface area (Å²) in [5.41, 5.74) is 1.62. The molecule has 0 atom stereocenters. The number of aromatic nitrogens is 2. The third-order valence-corrected chi connectivity index (χ3v) is 4.52. The number of amides is 1. The predicted molar refractivity (Wildman–Crippen MR) is 109 cm³/mol. The lowest BCUT2D eigenvalue weighted by molar-refractivity contribution is -0.119. The van der Waals surface area contributed by atoms with E-state index >= 15 is 0 Å². The molecule has 154 valence electrons. The van der Waals surface area contributed by atoms with Crippen LogP contribution in [0.3, 0.4) is 0 Å². The molecule has 0 aliphatic carbocycles. The minimum absolute atomic E-state index is 0.00682. The number of aryl methyl sites for hydroxylation is 1. The normalized spacial score (nSPS) is 10.5. The van der Waals surface area contributed by atoms with Crippen LogP contribution >= 0.6 is 11.6 Å². The molecule has 0 spiro atoms. The molecule has 0 radical (unpaired) electrons. The summed E-state index contributed by atoms with van der Waals surface area (Å²) < 4.78 is 19.5. The van der Waals surface area contributed by atoms with Gasteiger partial charge in [0.05, 0.1) is 11.4 Å². The summed E-state index contributed by atoms with van der Waals surface area (Å²) >= 11 is 6.26. The summed E-state index contributed by atoms with van der Waals surface area (Å²) in [6.45, 7) is 2.43. The molecule has 0 bridgehead atoms. The molecule has 0 aliphatic rings. The number of ether oxygens (including phenoxy) is 1. The van der Waals surface area contributed by atoms with Crippen LogP contribution in [0.4, 0.5) is 10.1 Å². The van der Waals surface area contributed by atoms with Crippen LogP contribution < -0.4 is 5.32 Å². The Hall–Kier alpha value is -3.52.